The number of nitrogens with one attached hydrogen (secondary N) is 2. The van der Waals surface area contributed by atoms with Crippen LogP contribution in [0.2, 0.25) is 0 Å². The average Bonchev–Trinajstić information content (AvgIpc) is 2.67. The van der Waals surface area contributed by atoms with E-state index >= 15 is 0 Å². The molecule has 4 rings (SSSR count). The van der Waals surface area contributed by atoms with Crippen molar-refractivity contribution in [3.63, 3.8) is 0 Å². The van der Waals surface area contributed by atoms with Gasteiger partial charge in [-0.1, -0.05) is 18.2 Å². The lowest BCUT2D eigenvalue weighted by atomic mass is 9.84. The first kappa shape index (κ1) is 18.5. The third-order valence-corrected chi connectivity index (χ3v) is 5.24. The van der Waals surface area contributed by atoms with Crippen molar-refractivity contribution in [2.45, 2.75) is 37.8 Å². The number of anilines is 2. The van der Waals surface area contributed by atoms with Crippen molar-refractivity contribution in [2.75, 3.05) is 23.3 Å². The third kappa shape index (κ3) is 3.36. The van der Waals surface area contributed by atoms with Crippen LogP contribution in [-0.4, -0.2) is 29.0 Å². The molecular formula is C19H19F3N4O2. The fraction of sp³-hybridized carbons (Fsp3) is 0.421. The number of rotatable bonds is 2. The SMILES string of the molecule is O=C1CC(c2ccccc2C(F)(F)F)c2c(nc(N3CCCCC3)[nH]c2=O)N1. The van der Waals surface area contributed by atoms with Crippen molar-refractivity contribution >= 4 is 17.7 Å². The maximum Gasteiger partial charge on any atom is 0.416 e. The summed E-state index contributed by atoms with van der Waals surface area (Å²) in [7, 11) is 0. The normalized spacial score (nSPS) is 19.9. The Hall–Kier alpha value is -2.84. The number of hydrogen-bond donors (Lipinski definition) is 2. The molecule has 6 nitrogen and oxygen atoms in total. The van der Waals surface area contributed by atoms with Gasteiger partial charge in [-0.05, 0) is 30.9 Å². The molecule has 0 radical (unpaired) electrons. The summed E-state index contributed by atoms with van der Waals surface area (Å²) >= 11 is 0. The van der Waals surface area contributed by atoms with Crippen molar-refractivity contribution in [2.24, 2.45) is 0 Å². The lowest BCUT2D eigenvalue weighted by Crippen LogP contribution is -2.36. The van der Waals surface area contributed by atoms with E-state index in [4.69, 9.17) is 0 Å². The Morgan fingerprint density at radius 2 is 1.79 bits per heavy atom. The van der Waals surface area contributed by atoms with Crippen LogP contribution in [0.4, 0.5) is 24.9 Å². The fourth-order valence-corrected chi connectivity index (χ4v) is 3.94. The second-order valence-corrected chi connectivity index (χ2v) is 7.09. The van der Waals surface area contributed by atoms with Crippen LogP contribution in [0.3, 0.4) is 0 Å². The number of H-pyrrole nitrogens is 1. The topological polar surface area (TPSA) is 78.1 Å². The number of piperidine rings is 1. The van der Waals surface area contributed by atoms with Crippen molar-refractivity contribution in [1.29, 1.82) is 0 Å². The molecule has 0 bridgehead atoms. The van der Waals surface area contributed by atoms with Gasteiger partial charge in [0.15, 0.2) is 0 Å². The number of halogens is 3. The number of carbonyl (C=O) groups is 1. The quantitative estimate of drug-likeness (QED) is 0.823. The number of carbonyl (C=O) groups excluding carboxylic acids is 1. The molecule has 2 N–H and O–H groups in total. The van der Waals surface area contributed by atoms with E-state index in [0.717, 1.165) is 38.4 Å². The minimum atomic E-state index is -4.58. The van der Waals surface area contributed by atoms with Gasteiger partial charge in [0.1, 0.15) is 5.82 Å². The summed E-state index contributed by atoms with van der Waals surface area (Å²) in [4.78, 5) is 34.0. The summed E-state index contributed by atoms with van der Waals surface area (Å²) in [6.07, 6.45) is -1.80. The van der Waals surface area contributed by atoms with E-state index in [2.05, 4.69) is 15.3 Å². The molecule has 1 fully saturated rings. The van der Waals surface area contributed by atoms with Gasteiger partial charge < -0.3 is 10.2 Å². The number of alkyl halides is 3. The Kier molecular flexibility index (Phi) is 4.60. The number of aromatic amines is 1. The highest BCUT2D eigenvalue weighted by Crippen LogP contribution is 2.41. The zero-order valence-electron chi connectivity index (χ0n) is 15.0. The van der Waals surface area contributed by atoms with Gasteiger partial charge in [0.05, 0.1) is 11.1 Å². The summed E-state index contributed by atoms with van der Waals surface area (Å²) < 4.78 is 40.4. The molecule has 1 aromatic heterocycles. The second-order valence-electron chi connectivity index (χ2n) is 7.09. The molecule has 2 aliphatic heterocycles. The van der Waals surface area contributed by atoms with E-state index in [1.54, 1.807) is 0 Å². The van der Waals surface area contributed by atoms with Crippen LogP contribution in [-0.2, 0) is 11.0 Å². The summed E-state index contributed by atoms with van der Waals surface area (Å²) in [6, 6.07) is 5.04. The Balaban J connectivity index is 1.82. The van der Waals surface area contributed by atoms with Crippen molar-refractivity contribution in [1.82, 2.24) is 9.97 Å². The van der Waals surface area contributed by atoms with E-state index in [1.807, 2.05) is 4.90 Å². The van der Waals surface area contributed by atoms with Gasteiger partial charge in [-0.25, -0.2) is 0 Å². The van der Waals surface area contributed by atoms with E-state index < -0.39 is 29.1 Å². The lowest BCUT2D eigenvalue weighted by molar-refractivity contribution is -0.138. The molecule has 0 saturated carbocycles. The lowest BCUT2D eigenvalue weighted by Gasteiger charge is -2.30. The zero-order valence-corrected chi connectivity index (χ0v) is 15.0. The molecule has 1 unspecified atom stereocenters. The van der Waals surface area contributed by atoms with Crippen molar-refractivity contribution in [3.8, 4) is 0 Å². The zero-order chi connectivity index (χ0) is 19.9. The van der Waals surface area contributed by atoms with Gasteiger partial charge in [-0.2, -0.15) is 18.2 Å². The van der Waals surface area contributed by atoms with Gasteiger partial charge in [0, 0.05) is 25.4 Å². The first-order chi connectivity index (χ1) is 13.3. The van der Waals surface area contributed by atoms with Crippen LogP contribution in [0, 0.1) is 0 Å². The van der Waals surface area contributed by atoms with Gasteiger partial charge in [-0.15, -0.1) is 0 Å². The number of nitrogens with zero attached hydrogens (tertiary/aromatic N) is 2. The number of amides is 1. The summed E-state index contributed by atoms with van der Waals surface area (Å²) in [5.41, 5.74) is -1.39. The molecule has 148 valence electrons. The third-order valence-electron chi connectivity index (χ3n) is 5.24. The predicted octanol–water partition coefficient (Wildman–Crippen LogP) is 3.25. The Morgan fingerprint density at radius 1 is 1.07 bits per heavy atom. The highest BCUT2D eigenvalue weighted by Gasteiger charge is 2.39. The standard InChI is InChI=1S/C19H19F3N4O2/c20-19(21,22)13-7-3-2-6-11(13)12-10-14(27)23-16-15(12)17(28)25-18(24-16)26-8-4-1-5-9-26/h2-3,6-7,12H,1,4-5,8-10H2,(H2,23,24,25,27,28). The summed E-state index contributed by atoms with van der Waals surface area (Å²) in [6.45, 7) is 1.46. The molecule has 28 heavy (non-hydrogen) atoms. The fourth-order valence-electron chi connectivity index (χ4n) is 3.94. The summed E-state index contributed by atoms with van der Waals surface area (Å²) in [5.74, 6) is -1.08. The molecule has 0 aliphatic carbocycles. The number of hydrogen-bond acceptors (Lipinski definition) is 4. The van der Waals surface area contributed by atoms with Crippen LogP contribution in [0.1, 0.15) is 48.3 Å². The van der Waals surface area contributed by atoms with E-state index in [1.165, 1.54) is 18.2 Å². The maximum absolute atomic E-state index is 13.5. The molecule has 3 heterocycles. The Bertz CT molecular complexity index is 964. The van der Waals surface area contributed by atoms with Crippen LogP contribution < -0.4 is 15.8 Å². The maximum atomic E-state index is 13.5. The average molecular weight is 392 g/mol. The Labute approximate surface area is 158 Å². The molecule has 1 aromatic carbocycles. The molecular weight excluding hydrogens is 373 g/mol. The van der Waals surface area contributed by atoms with Gasteiger partial charge >= 0.3 is 6.18 Å². The van der Waals surface area contributed by atoms with Crippen LogP contribution in [0.25, 0.3) is 0 Å². The highest BCUT2D eigenvalue weighted by molar-refractivity contribution is 5.94. The van der Waals surface area contributed by atoms with Crippen LogP contribution in [0.15, 0.2) is 29.1 Å². The monoisotopic (exact) mass is 392 g/mol. The highest BCUT2D eigenvalue weighted by atomic mass is 19.4. The molecule has 2 aliphatic rings. The van der Waals surface area contributed by atoms with Gasteiger partial charge in [-0.3, -0.25) is 14.6 Å². The second kappa shape index (κ2) is 6.96. The van der Waals surface area contributed by atoms with Crippen LogP contribution >= 0.6 is 0 Å². The van der Waals surface area contributed by atoms with E-state index in [0.29, 0.717) is 5.95 Å². The smallest absolute Gasteiger partial charge is 0.342 e. The van der Waals surface area contributed by atoms with Crippen LogP contribution in [0.5, 0.6) is 0 Å². The first-order valence-corrected chi connectivity index (χ1v) is 9.19. The number of benzene rings is 1. The van der Waals surface area contributed by atoms with Gasteiger partial charge in [0.2, 0.25) is 11.9 Å². The van der Waals surface area contributed by atoms with E-state index in [-0.39, 0.29) is 23.4 Å². The molecule has 2 aromatic rings. The minimum Gasteiger partial charge on any atom is -0.342 e. The Morgan fingerprint density at radius 3 is 2.50 bits per heavy atom. The largest absolute Gasteiger partial charge is 0.416 e. The molecule has 0 spiro atoms. The first-order valence-electron chi connectivity index (χ1n) is 9.19. The van der Waals surface area contributed by atoms with Gasteiger partial charge in [0.25, 0.3) is 5.56 Å². The molecule has 1 atom stereocenters. The molecule has 9 heteroatoms. The predicted molar refractivity (Wildman–Crippen MR) is 97.5 cm³/mol. The molecule has 1 amide bonds. The number of fused-ring (bicyclic) bond motifs is 1. The van der Waals surface area contributed by atoms with Crippen molar-refractivity contribution in [3.05, 3.63) is 51.3 Å². The van der Waals surface area contributed by atoms with E-state index in [9.17, 15) is 22.8 Å². The summed E-state index contributed by atoms with van der Waals surface area (Å²) in [5, 5.41) is 2.56. The molecule has 1 saturated heterocycles. The number of aromatic nitrogens is 2. The van der Waals surface area contributed by atoms with Crippen molar-refractivity contribution < 1.29 is 18.0 Å². The minimum absolute atomic E-state index is 0.0440.